The number of rotatable bonds is 6. The molecule has 2 rings (SSSR count). The standard InChI is InChI=1S/C13H8F2O7S2/c14-9-3-1-7(5-11(9)21-23(17)18)13(16)8-2-4-10(15)12(6-8)22-24(19)20/h1-6H,(H,17,18)(H,19,20). The van der Waals surface area contributed by atoms with E-state index in [1.165, 1.54) is 0 Å². The molecule has 0 aliphatic carbocycles. The highest BCUT2D eigenvalue weighted by atomic mass is 32.2. The molecular formula is C13H8F2O7S2. The van der Waals surface area contributed by atoms with Gasteiger partial charge in [-0.05, 0) is 36.4 Å². The van der Waals surface area contributed by atoms with E-state index in [0.29, 0.717) is 0 Å². The minimum Gasteiger partial charge on any atom is -0.377 e. The summed E-state index contributed by atoms with van der Waals surface area (Å²) in [5, 5.41) is 0. The van der Waals surface area contributed by atoms with Crippen LogP contribution < -0.4 is 8.37 Å². The van der Waals surface area contributed by atoms with Crippen LogP contribution in [0.4, 0.5) is 8.78 Å². The van der Waals surface area contributed by atoms with Gasteiger partial charge in [0.2, 0.25) is 0 Å². The third-order valence-electron chi connectivity index (χ3n) is 2.71. The summed E-state index contributed by atoms with van der Waals surface area (Å²) in [6.45, 7) is 0. The van der Waals surface area contributed by atoms with Crippen molar-refractivity contribution < 1.29 is 39.5 Å². The highest BCUT2D eigenvalue weighted by Gasteiger charge is 2.17. The van der Waals surface area contributed by atoms with E-state index in [1.807, 2.05) is 0 Å². The maximum atomic E-state index is 13.4. The Bertz CT molecular complexity index is 774. The molecular weight excluding hydrogens is 370 g/mol. The summed E-state index contributed by atoms with van der Waals surface area (Å²) >= 11 is -5.58. The molecule has 7 nitrogen and oxygen atoms in total. The Balaban J connectivity index is 2.38. The molecule has 0 bridgehead atoms. The number of halogens is 2. The van der Waals surface area contributed by atoms with Gasteiger partial charge in [0.15, 0.2) is 28.9 Å². The molecule has 0 saturated carbocycles. The second kappa shape index (κ2) is 7.57. The number of hydrogen-bond donors (Lipinski definition) is 2. The molecule has 0 fully saturated rings. The maximum Gasteiger partial charge on any atom is 0.357 e. The average molecular weight is 378 g/mol. The van der Waals surface area contributed by atoms with Crippen molar-refractivity contribution in [3.63, 3.8) is 0 Å². The summed E-state index contributed by atoms with van der Waals surface area (Å²) in [5.74, 6) is -3.91. The van der Waals surface area contributed by atoms with E-state index >= 15 is 0 Å². The van der Waals surface area contributed by atoms with Gasteiger partial charge in [0.1, 0.15) is 0 Å². The maximum absolute atomic E-state index is 13.4. The highest BCUT2D eigenvalue weighted by molar-refractivity contribution is 7.74. The molecule has 2 unspecified atom stereocenters. The van der Waals surface area contributed by atoms with Crippen LogP contribution in [0.25, 0.3) is 0 Å². The zero-order chi connectivity index (χ0) is 17.9. The molecule has 0 aliphatic heterocycles. The first kappa shape index (κ1) is 18.1. The van der Waals surface area contributed by atoms with Crippen molar-refractivity contribution in [1.82, 2.24) is 0 Å². The van der Waals surface area contributed by atoms with Crippen LogP contribution in [0.2, 0.25) is 0 Å². The van der Waals surface area contributed by atoms with Crippen molar-refractivity contribution in [3.8, 4) is 11.5 Å². The number of benzene rings is 2. The van der Waals surface area contributed by atoms with E-state index in [4.69, 9.17) is 9.11 Å². The lowest BCUT2D eigenvalue weighted by molar-refractivity contribution is 0.103. The molecule has 0 heterocycles. The molecule has 0 saturated heterocycles. The number of carbonyl (C=O) groups is 1. The largest absolute Gasteiger partial charge is 0.377 e. The summed E-state index contributed by atoms with van der Waals surface area (Å²) in [4.78, 5) is 12.3. The summed E-state index contributed by atoms with van der Waals surface area (Å²) in [6.07, 6.45) is 0. The van der Waals surface area contributed by atoms with Gasteiger partial charge in [-0.15, -0.1) is 0 Å². The zero-order valence-corrected chi connectivity index (χ0v) is 13.1. The first-order valence-corrected chi connectivity index (χ1v) is 8.06. The number of carbonyl (C=O) groups excluding carboxylic acids is 1. The van der Waals surface area contributed by atoms with Gasteiger partial charge in [-0.25, -0.2) is 8.78 Å². The second-order valence-corrected chi connectivity index (χ2v) is 5.42. The Morgan fingerprint density at radius 2 is 1.21 bits per heavy atom. The first-order chi connectivity index (χ1) is 11.3. The lowest BCUT2D eigenvalue weighted by Crippen LogP contribution is -2.06. The Labute approximate surface area is 139 Å². The monoisotopic (exact) mass is 378 g/mol. The molecule has 0 aliphatic rings. The minimum absolute atomic E-state index is 0.125. The van der Waals surface area contributed by atoms with Gasteiger partial charge in [-0.3, -0.25) is 13.9 Å². The molecule has 2 aromatic rings. The molecule has 2 atom stereocenters. The van der Waals surface area contributed by atoms with Gasteiger partial charge >= 0.3 is 22.7 Å². The molecule has 0 amide bonds. The lowest BCUT2D eigenvalue weighted by Gasteiger charge is -2.07. The van der Waals surface area contributed by atoms with Gasteiger partial charge < -0.3 is 8.37 Å². The normalized spacial score (nSPS) is 13.2. The molecule has 0 spiro atoms. The molecule has 11 heteroatoms. The molecule has 0 radical (unpaired) electrons. The number of ketones is 1. The van der Waals surface area contributed by atoms with E-state index in [2.05, 4.69) is 8.37 Å². The number of hydrogen-bond acceptors (Lipinski definition) is 5. The molecule has 2 aromatic carbocycles. The van der Waals surface area contributed by atoms with Gasteiger partial charge in [0.05, 0.1) is 0 Å². The van der Waals surface area contributed by atoms with E-state index in [9.17, 15) is 22.0 Å². The van der Waals surface area contributed by atoms with E-state index < -0.39 is 51.6 Å². The van der Waals surface area contributed by atoms with Gasteiger partial charge in [-0.2, -0.15) is 8.42 Å². The quantitative estimate of drug-likeness (QED) is 0.586. The minimum atomic E-state index is -2.79. The SMILES string of the molecule is O=C(c1ccc(F)c(OS(=O)O)c1)c1ccc(F)c(OS(=O)O)c1. The van der Waals surface area contributed by atoms with Gasteiger partial charge in [-0.1, -0.05) is 0 Å². The molecule has 24 heavy (non-hydrogen) atoms. The van der Waals surface area contributed by atoms with Crippen LogP contribution >= 0.6 is 0 Å². The van der Waals surface area contributed by atoms with Crippen molar-refractivity contribution in [2.24, 2.45) is 0 Å². The molecule has 0 aromatic heterocycles. The van der Waals surface area contributed by atoms with Crippen LogP contribution in [0.1, 0.15) is 15.9 Å². The third kappa shape index (κ3) is 4.41. The van der Waals surface area contributed by atoms with Crippen molar-refractivity contribution in [2.75, 3.05) is 0 Å². The van der Waals surface area contributed by atoms with Crippen LogP contribution in [-0.2, 0) is 22.7 Å². The van der Waals surface area contributed by atoms with Crippen LogP contribution in [-0.4, -0.2) is 23.3 Å². The van der Waals surface area contributed by atoms with Crippen molar-refractivity contribution >= 4 is 28.5 Å². The fourth-order valence-electron chi connectivity index (χ4n) is 1.74. The third-order valence-corrected chi connectivity index (χ3v) is 3.35. The Hall–Kier alpha value is -2.21. The zero-order valence-electron chi connectivity index (χ0n) is 11.5. The fraction of sp³-hybridized carbons (Fsp3) is 0. The van der Waals surface area contributed by atoms with Crippen molar-refractivity contribution in [2.45, 2.75) is 0 Å². The summed E-state index contributed by atoms with van der Waals surface area (Å²) in [6, 6.07) is 5.63. The van der Waals surface area contributed by atoms with Crippen LogP contribution in [0.15, 0.2) is 36.4 Å². The summed E-state index contributed by atoms with van der Waals surface area (Å²) in [7, 11) is 0. The van der Waals surface area contributed by atoms with Gasteiger partial charge in [0, 0.05) is 11.1 Å². The highest BCUT2D eigenvalue weighted by Crippen LogP contribution is 2.24. The summed E-state index contributed by atoms with van der Waals surface area (Å²) in [5.41, 5.74) is -0.251. The van der Waals surface area contributed by atoms with Gasteiger partial charge in [0.25, 0.3) is 0 Å². The molecule has 128 valence electrons. The van der Waals surface area contributed by atoms with E-state index in [1.54, 1.807) is 0 Å². The Morgan fingerprint density at radius 3 is 1.54 bits per heavy atom. The lowest BCUT2D eigenvalue weighted by atomic mass is 10.0. The van der Waals surface area contributed by atoms with E-state index in [-0.39, 0.29) is 11.1 Å². The molecule has 2 N–H and O–H groups in total. The topological polar surface area (TPSA) is 110 Å². The average Bonchev–Trinajstić information content (AvgIpc) is 2.50. The van der Waals surface area contributed by atoms with Crippen molar-refractivity contribution in [1.29, 1.82) is 0 Å². The fourth-order valence-corrected chi connectivity index (χ4v) is 2.30. The first-order valence-electron chi connectivity index (χ1n) is 6.00. The predicted octanol–water partition coefficient (Wildman–Crippen LogP) is 2.23. The van der Waals surface area contributed by atoms with Crippen LogP contribution in [0, 0.1) is 11.6 Å². The van der Waals surface area contributed by atoms with Crippen LogP contribution in [0.3, 0.4) is 0 Å². The second-order valence-electron chi connectivity index (χ2n) is 4.22. The predicted molar refractivity (Wildman–Crippen MR) is 79.0 cm³/mol. The smallest absolute Gasteiger partial charge is 0.357 e. The van der Waals surface area contributed by atoms with Crippen LogP contribution in [0.5, 0.6) is 11.5 Å². The Morgan fingerprint density at radius 1 is 0.833 bits per heavy atom. The summed E-state index contributed by atoms with van der Waals surface area (Å²) < 4.78 is 73.9. The van der Waals surface area contributed by atoms with Crippen molar-refractivity contribution in [3.05, 3.63) is 59.2 Å². The Kier molecular flexibility index (Phi) is 5.72. The van der Waals surface area contributed by atoms with E-state index in [0.717, 1.165) is 36.4 Å².